The molecule has 26 heavy (non-hydrogen) atoms. The van der Waals surface area contributed by atoms with Crippen LogP contribution in [0, 0.1) is 5.92 Å². The Balaban J connectivity index is 1.63. The van der Waals surface area contributed by atoms with Crippen LogP contribution in [0.5, 0.6) is 11.5 Å². The number of hydrogen-bond donors (Lipinski definition) is 2. The van der Waals surface area contributed by atoms with E-state index in [1.165, 1.54) is 18.4 Å². The first-order chi connectivity index (χ1) is 12.5. The number of fused-ring (bicyclic) bond motifs is 1. The quantitative estimate of drug-likeness (QED) is 0.555. The summed E-state index contributed by atoms with van der Waals surface area (Å²) >= 11 is 12.5. The summed E-state index contributed by atoms with van der Waals surface area (Å²) in [5.74, 6) is 0.834. The molecule has 0 bridgehead atoms. The molecular formula is C20H17Cl2NO3. The van der Waals surface area contributed by atoms with E-state index >= 15 is 0 Å². The van der Waals surface area contributed by atoms with Gasteiger partial charge in [-0.1, -0.05) is 23.2 Å². The van der Waals surface area contributed by atoms with Gasteiger partial charge in [-0.2, -0.15) is 0 Å². The highest BCUT2D eigenvalue weighted by Gasteiger charge is 2.23. The van der Waals surface area contributed by atoms with Crippen LogP contribution in [0.25, 0.3) is 10.9 Å². The van der Waals surface area contributed by atoms with Gasteiger partial charge in [-0.15, -0.1) is 0 Å². The van der Waals surface area contributed by atoms with E-state index < -0.39 is 5.97 Å². The third-order valence-corrected chi connectivity index (χ3v) is 5.14. The van der Waals surface area contributed by atoms with Gasteiger partial charge in [0.05, 0.1) is 16.5 Å². The maximum atomic E-state index is 10.9. The van der Waals surface area contributed by atoms with E-state index in [1.54, 1.807) is 12.1 Å². The van der Waals surface area contributed by atoms with Crippen LogP contribution in [-0.2, 0) is 17.6 Å². The minimum absolute atomic E-state index is 0.139. The number of nitrogens with one attached hydrogen (secondary N) is 1. The van der Waals surface area contributed by atoms with Crippen molar-refractivity contribution in [2.45, 2.75) is 25.7 Å². The van der Waals surface area contributed by atoms with Gasteiger partial charge < -0.3 is 14.8 Å². The Hall–Kier alpha value is -2.17. The number of benzene rings is 2. The third-order valence-electron chi connectivity index (χ3n) is 4.58. The lowest BCUT2D eigenvalue weighted by atomic mass is 10.1. The number of carbonyl (C=O) groups is 1. The Morgan fingerprint density at radius 2 is 1.92 bits per heavy atom. The van der Waals surface area contributed by atoms with Crippen LogP contribution >= 0.6 is 23.2 Å². The van der Waals surface area contributed by atoms with E-state index in [-0.39, 0.29) is 6.42 Å². The van der Waals surface area contributed by atoms with Crippen molar-refractivity contribution in [1.82, 2.24) is 4.98 Å². The molecule has 2 aromatic carbocycles. The fourth-order valence-electron chi connectivity index (χ4n) is 3.13. The molecule has 4 nitrogen and oxygen atoms in total. The maximum Gasteiger partial charge on any atom is 0.307 e. The van der Waals surface area contributed by atoms with Crippen molar-refractivity contribution in [3.05, 3.63) is 57.7 Å². The summed E-state index contributed by atoms with van der Waals surface area (Å²) in [5, 5.41) is 10.6. The number of carboxylic acids is 1. The highest BCUT2D eigenvalue weighted by atomic mass is 35.5. The van der Waals surface area contributed by atoms with E-state index in [4.69, 9.17) is 33.0 Å². The number of H-pyrrole nitrogens is 1. The predicted octanol–water partition coefficient (Wildman–Crippen LogP) is 5.85. The summed E-state index contributed by atoms with van der Waals surface area (Å²) in [6.07, 6.45) is 5.61. The summed E-state index contributed by atoms with van der Waals surface area (Å²) in [6, 6.07) is 8.97. The molecule has 0 amide bonds. The van der Waals surface area contributed by atoms with Gasteiger partial charge in [0.25, 0.3) is 0 Å². The van der Waals surface area contributed by atoms with Gasteiger partial charge in [-0.25, -0.2) is 0 Å². The van der Waals surface area contributed by atoms with Crippen LogP contribution in [-0.4, -0.2) is 16.1 Å². The number of rotatable bonds is 6. The van der Waals surface area contributed by atoms with Gasteiger partial charge in [0.15, 0.2) is 5.75 Å². The highest BCUT2D eigenvalue weighted by Crippen LogP contribution is 2.39. The van der Waals surface area contributed by atoms with Gasteiger partial charge in [-0.05, 0) is 66.6 Å². The minimum atomic E-state index is -0.938. The van der Waals surface area contributed by atoms with Gasteiger partial charge in [0.2, 0.25) is 0 Å². The molecule has 2 N–H and O–H groups in total. The van der Waals surface area contributed by atoms with Crippen molar-refractivity contribution >= 4 is 40.1 Å². The van der Waals surface area contributed by atoms with E-state index in [1.807, 2.05) is 18.2 Å². The Labute approximate surface area is 160 Å². The highest BCUT2D eigenvalue weighted by molar-refractivity contribution is 6.37. The molecule has 0 unspecified atom stereocenters. The topological polar surface area (TPSA) is 62.3 Å². The van der Waals surface area contributed by atoms with Crippen molar-refractivity contribution in [3.8, 4) is 11.5 Å². The zero-order chi connectivity index (χ0) is 18.3. The Morgan fingerprint density at radius 3 is 2.58 bits per heavy atom. The fourth-order valence-corrected chi connectivity index (χ4v) is 3.74. The molecule has 1 aromatic heterocycles. The number of aliphatic carboxylic acids is 1. The molecule has 3 aromatic rings. The van der Waals surface area contributed by atoms with Crippen molar-refractivity contribution < 1.29 is 14.6 Å². The van der Waals surface area contributed by atoms with Crippen molar-refractivity contribution in [2.75, 3.05) is 0 Å². The second-order valence-corrected chi connectivity index (χ2v) is 7.54. The van der Waals surface area contributed by atoms with Crippen LogP contribution in [0.3, 0.4) is 0 Å². The average Bonchev–Trinajstić information content (AvgIpc) is 3.30. The first-order valence-electron chi connectivity index (χ1n) is 8.47. The summed E-state index contributed by atoms with van der Waals surface area (Å²) in [6.45, 7) is 0. The molecule has 0 radical (unpaired) electrons. The molecule has 0 saturated heterocycles. The molecule has 134 valence electrons. The first-order valence-corrected chi connectivity index (χ1v) is 9.23. The molecule has 6 heteroatoms. The SMILES string of the molecule is O=C(O)Cc1cc(Cl)c(Oc2ccc3[nH]cc(CC4CC4)c3c2)c(Cl)c1. The number of aromatic amines is 1. The Bertz CT molecular complexity index is 969. The van der Waals surface area contributed by atoms with E-state index in [0.29, 0.717) is 27.1 Å². The van der Waals surface area contributed by atoms with Gasteiger partial charge >= 0.3 is 5.97 Å². The summed E-state index contributed by atoms with van der Waals surface area (Å²) in [7, 11) is 0. The Kier molecular flexibility index (Phi) is 4.55. The van der Waals surface area contributed by atoms with Gasteiger partial charge in [-0.3, -0.25) is 4.79 Å². The lowest BCUT2D eigenvalue weighted by Crippen LogP contribution is -2.00. The second kappa shape index (κ2) is 6.86. The molecular weight excluding hydrogens is 373 g/mol. The van der Waals surface area contributed by atoms with E-state index in [2.05, 4.69) is 11.2 Å². The molecule has 1 aliphatic carbocycles. The normalized spacial score (nSPS) is 13.9. The maximum absolute atomic E-state index is 10.9. The molecule has 1 fully saturated rings. The van der Waals surface area contributed by atoms with Crippen molar-refractivity contribution in [2.24, 2.45) is 5.92 Å². The van der Waals surface area contributed by atoms with Crippen LogP contribution < -0.4 is 4.74 Å². The van der Waals surface area contributed by atoms with Crippen LogP contribution in [0.4, 0.5) is 0 Å². The summed E-state index contributed by atoms with van der Waals surface area (Å²) in [5.41, 5.74) is 2.90. The predicted molar refractivity (Wildman–Crippen MR) is 103 cm³/mol. The average molecular weight is 390 g/mol. The zero-order valence-corrected chi connectivity index (χ0v) is 15.4. The fraction of sp³-hybridized carbons (Fsp3) is 0.250. The monoisotopic (exact) mass is 389 g/mol. The molecule has 4 rings (SSSR count). The minimum Gasteiger partial charge on any atom is -0.481 e. The standard InChI is InChI=1S/C20H17Cl2NO3/c21-16-6-12(8-19(24)25)7-17(22)20(16)26-14-3-4-18-15(9-14)13(10-23-18)5-11-1-2-11/h3-4,6-7,9-11,23H,1-2,5,8H2,(H,24,25). The third kappa shape index (κ3) is 3.67. The first kappa shape index (κ1) is 17.3. The largest absolute Gasteiger partial charge is 0.481 e. The number of halogens is 2. The lowest BCUT2D eigenvalue weighted by molar-refractivity contribution is -0.136. The molecule has 1 aliphatic rings. The number of hydrogen-bond acceptors (Lipinski definition) is 2. The van der Waals surface area contributed by atoms with Crippen LogP contribution in [0.2, 0.25) is 10.0 Å². The van der Waals surface area contributed by atoms with E-state index in [9.17, 15) is 4.79 Å². The Morgan fingerprint density at radius 1 is 1.19 bits per heavy atom. The molecule has 1 saturated carbocycles. The van der Waals surface area contributed by atoms with Crippen molar-refractivity contribution in [1.29, 1.82) is 0 Å². The van der Waals surface area contributed by atoms with Crippen LogP contribution in [0.1, 0.15) is 24.0 Å². The molecule has 0 spiro atoms. The number of aromatic nitrogens is 1. The lowest BCUT2D eigenvalue weighted by Gasteiger charge is -2.11. The van der Waals surface area contributed by atoms with Crippen LogP contribution in [0.15, 0.2) is 36.5 Å². The summed E-state index contributed by atoms with van der Waals surface area (Å²) < 4.78 is 5.93. The van der Waals surface area contributed by atoms with E-state index in [0.717, 1.165) is 23.2 Å². The summed E-state index contributed by atoms with van der Waals surface area (Å²) in [4.78, 5) is 14.2. The number of carboxylic acid groups (broad SMARTS) is 1. The smallest absolute Gasteiger partial charge is 0.307 e. The zero-order valence-electron chi connectivity index (χ0n) is 13.9. The molecule has 1 heterocycles. The van der Waals surface area contributed by atoms with Crippen molar-refractivity contribution in [3.63, 3.8) is 0 Å². The molecule has 0 aliphatic heterocycles. The van der Waals surface area contributed by atoms with Gasteiger partial charge in [0, 0.05) is 17.1 Å². The number of ether oxygens (including phenoxy) is 1. The second-order valence-electron chi connectivity index (χ2n) is 6.73. The molecule has 0 atom stereocenters. The van der Waals surface area contributed by atoms with Gasteiger partial charge in [0.1, 0.15) is 5.75 Å².